The van der Waals surface area contributed by atoms with Crippen LogP contribution in [0.5, 0.6) is 5.75 Å². The van der Waals surface area contributed by atoms with Gasteiger partial charge in [-0.3, -0.25) is 4.79 Å². The molecule has 0 bridgehead atoms. The average Bonchev–Trinajstić information content (AvgIpc) is 3.14. The first-order chi connectivity index (χ1) is 15.0. The zero-order valence-electron chi connectivity index (χ0n) is 17.5. The molecule has 0 saturated carbocycles. The van der Waals surface area contributed by atoms with Crippen molar-refractivity contribution in [3.63, 3.8) is 0 Å². The molecule has 3 aromatic carbocycles. The van der Waals surface area contributed by atoms with Crippen LogP contribution >= 0.6 is 15.9 Å². The third kappa shape index (κ3) is 4.80. The van der Waals surface area contributed by atoms with E-state index in [1.54, 1.807) is 12.1 Å². The van der Waals surface area contributed by atoms with Gasteiger partial charge in [0.25, 0.3) is 5.91 Å². The molecule has 1 atom stereocenters. The Labute approximate surface area is 190 Å². The first kappa shape index (κ1) is 21.1. The molecule has 31 heavy (non-hydrogen) atoms. The number of carbonyl (C=O) groups excluding carboxylic acids is 1. The highest BCUT2D eigenvalue weighted by Crippen LogP contribution is 2.22. The summed E-state index contributed by atoms with van der Waals surface area (Å²) in [4.78, 5) is 17.6. The molecule has 0 aliphatic rings. The van der Waals surface area contributed by atoms with Crippen LogP contribution in [0.15, 0.2) is 77.3 Å². The molecule has 1 aromatic heterocycles. The number of nitrogens with zero attached hydrogens (tertiary/aromatic N) is 2. The number of ether oxygens (including phenoxy) is 1. The lowest BCUT2D eigenvalue weighted by atomic mass is 10.2. The maximum atomic E-state index is 12.7. The van der Waals surface area contributed by atoms with E-state index in [4.69, 9.17) is 9.72 Å². The maximum absolute atomic E-state index is 12.7. The topological polar surface area (TPSA) is 56.1 Å². The average molecular weight is 478 g/mol. The van der Waals surface area contributed by atoms with Gasteiger partial charge in [0.15, 0.2) is 0 Å². The predicted molar refractivity (Wildman–Crippen MR) is 126 cm³/mol. The number of aromatic nitrogens is 2. The van der Waals surface area contributed by atoms with Gasteiger partial charge in [-0.1, -0.05) is 52.3 Å². The number of para-hydroxylation sites is 3. The Morgan fingerprint density at radius 2 is 1.87 bits per heavy atom. The summed E-state index contributed by atoms with van der Waals surface area (Å²) in [7, 11) is 0. The predicted octanol–water partition coefficient (Wildman–Crippen LogP) is 5.68. The number of carbonyl (C=O) groups is 1. The molecular weight excluding hydrogens is 454 g/mol. The van der Waals surface area contributed by atoms with Crippen LogP contribution in [0.1, 0.15) is 34.7 Å². The number of nitrogens with one attached hydrogen (secondary N) is 1. The van der Waals surface area contributed by atoms with E-state index in [1.807, 2.05) is 74.5 Å². The van der Waals surface area contributed by atoms with Crippen molar-refractivity contribution in [3.8, 4) is 5.75 Å². The number of fused-ring (bicyclic) bond motifs is 1. The fourth-order valence-corrected chi connectivity index (χ4v) is 4.00. The zero-order chi connectivity index (χ0) is 21.8. The van der Waals surface area contributed by atoms with Crippen LogP contribution in [-0.4, -0.2) is 22.1 Å². The van der Waals surface area contributed by atoms with Gasteiger partial charge in [-0.15, -0.1) is 0 Å². The van der Waals surface area contributed by atoms with E-state index in [-0.39, 0.29) is 11.9 Å². The standard InChI is InChI=1S/C25H24BrN3O2/c1-17-8-3-6-13-23(17)31-15-14-29-22-12-5-4-11-21(22)28-24(29)18(2)27-25(30)19-9-7-10-20(26)16-19/h3-13,16,18H,14-15H2,1-2H3,(H,27,30). The third-order valence-electron chi connectivity index (χ3n) is 5.17. The highest BCUT2D eigenvalue weighted by atomic mass is 79.9. The Morgan fingerprint density at radius 3 is 2.68 bits per heavy atom. The van der Waals surface area contributed by atoms with E-state index in [2.05, 4.69) is 25.8 Å². The molecule has 4 rings (SSSR count). The van der Waals surface area contributed by atoms with E-state index in [1.165, 1.54) is 0 Å². The second kappa shape index (κ2) is 9.35. The smallest absolute Gasteiger partial charge is 0.251 e. The number of halogens is 1. The van der Waals surface area contributed by atoms with Gasteiger partial charge in [-0.25, -0.2) is 4.98 Å². The maximum Gasteiger partial charge on any atom is 0.251 e. The molecule has 5 nitrogen and oxygen atoms in total. The lowest BCUT2D eigenvalue weighted by molar-refractivity contribution is 0.0937. The molecule has 0 spiro atoms. The van der Waals surface area contributed by atoms with Crippen molar-refractivity contribution in [3.05, 3.63) is 94.2 Å². The number of aryl methyl sites for hydroxylation is 1. The fraction of sp³-hybridized carbons (Fsp3) is 0.200. The summed E-state index contributed by atoms with van der Waals surface area (Å²) in [5, 5.41) is 3.07. The van der Waals surface area contributed by atoms with Crippen LogP contribution in [0.25, 0.3) is 11.0 Å². The first-order valence-corrected chi connectivity index (χ1v) is 11.0. The molecule has 158 valence electrons. The Kier molecular flexibility index (Phi) is 6.37. The summed E-state index contributed by atoms with van der Waals surface area (Å²) in [6.07, 6.45) is 0. The van der Waals surface area contributed by atoms with Gasteiger partial charge in [0.2, 0.25) is 0 Å². The molecule has 0 aliphatic heterocycles. The van der Waals surface area contributed by atoms with Gasteiger partial charge in [0.05, 0.1) is 23.6 Å². The number of imidazole rings is 1. The summed E-state index contributed by atoms with van der Waals surface area (Å²) >= 11 is 3.42. The van der Waals surface area contributed by atoms with Crippen molar-refractivity contribution < 1.29 is 9.53 Å². The van der Waals surface area contributed by atoms with Crippen LogP contribution in [0.4, 0.5) is 0 Å². The van der Waals surface area contributed by atoms with E-state index < -0.39 is 0 Å². The van der Waals surface area contributed by atoms with E-state index >= 15 is 0 Å². The molecule has 1 unspecified atom stereocenters. The molecule has 4 aromatic rings. The number of hydrogen-bond acceptors (Lipinski definition) is 3. The Balaban J connectivity index is 1.55. The molecule has 0 fully saturated rings. The summed E-state index contributed by atoms with van der Waals surface area (Å²) in [5.74, 6) is 1.55. The quantitative estimate of drug-likeness (QED) is 0.372. The number of rotatable bonds is 7. The van der Waals surface area contributed by atoms with Gasteiger partial charge in [-0.05, 0) is 55.8 Å². The number of benzene rings is 3. The lowest BCUT2D eigenvalue weighted by Crippen LogP contribution is -2.29. The van der Waals surface area contributed by atoms with Gasteiger partial charge < -0.3 is 14.6 Å². The Morgan fingerprint density at radius 1 is 1.10 bits per heavy atom. The summed E-state index contributed by atoms with van der Waals surface area (Å²) < 4.78 is 9.01. The largest absolute Gasteiger partial charge is 0.491 e. The highest BCUT2D eigenvalue weighted by Gasteiger charge is 2.19. The Hall–Kier alpha value is -3.12. The lowest BCUT2D eigenvalue weighted by Gasteiger charge is -2.17. The molecule has 0 radical (unpaired) electrons. The number of amides is 1. The van der Waals surface area contributed by atoms with Crippen LogP contribution in [0, 0.1) is 6.92 Å². The van der Waals surface area contributed by atoms with Crippen molar-refractivity contribution in [2.24, 2.45) is 0 Å². The number of hydrogen-bond donors (Lipinski definition) is 1. The van der Waals surface area contributed by atoms with Crippen LogP contribution in [0.3, 0.4) is 0 Å². The molecule has 0 aliphatic carbocycles. The van der Waals surface area contributed by atoms with Crippen molar-refractivity contribution >= 4 is 32.9 Å². The van der Waals surface area contributed by atoms with Crippen molar-refractivity contribution in [2.45, 2.75) is 26.4 Å². The minimum atomic E-state index is -0.266. The molecule has 1 amide bonds. The summed E-state index contributed by atoms with van der Waals surface area (Å²) in [5.41, 5.74) is 3.63. The van der Waals surface area contributed by atoms with Crippen LogP contribution < -0.4 is 10.1 Å². The third-order valence-corrected chi connectivity index (χ3v) is 5.67. The summed E-state index contributed by atoms with van der Waals surface area (Å²) in [6, 6.07) is 23.1. The fourth-order valence-electron chi connectivity index (χ4n) is 3.60. The Bertz CT molecular complexity index is 1220. The van der Waals surface area contributed by atoms with E-state index in [0.29, 0.717) is 18.7 Å². The second-order valence-electron chi connectivity index (χ2n) is 7.43. The monoisotopic (exact) mass is 477 g/mol. The zero-order valence-corrected chi connectivity index (χ0v) is 19.1. The van der Waals surface area contributed by atoms with E-state index in [9.17, 15) is 4.79 Å². The van der Waals surface area contributed by atoms with Crippen molar-refractivity contribution in [2.75, 3.05) is 6.61 Å². The van der Waals surface area contributed by atoms with Crippen LogP contribution in [-0.2, 0) is 6.54 Å². The van der Waals surface area contributed by atoms with Gasteiger partial charge in [0, 0.05) is 10.0 Å². The van der Waals surface area contributed by atoms with Gasteiger partial charge in [-0.2, -0.15) is 0 Å². The van der Waals surface area contributed by atoms with Crippen molar-refractivity contribution in [1.82, 2.24) is 14.9 Å². The molecular formula is C25H24BrN3O2. The minimum Gasteiger partial charge on any atom is -0.491 e. The molecule has 1 N–H and O–H groups in total. The molecule has 6 heteroatoms. The van der Waals surface area contributed by atoms with Crippen molar-refractivity contribution in [1.29, 1.82) is 0 Å². The van der Waals surface area contributed by atoms with Gasteiger partial charge >= 0.3 is 0 Å². The normalized spacial score (nSPS) is 12.0. The second-order valence-corrected chi connectivity index (χ2v) is 8.35. The highest BCUT2D eigenvalue weighted by molar-refractivity contribution is 9.10. The minimum absolute atomic E-state index is 0.136. The summed E-state index contributed by atoms with van der Waals surface area (Å²) in [6.45, 7) is 5.12. The van der Waals surface area contributed by atoms with Crippen LogP contribution in [0.2, 0.25) is 0 Å². The van der Waals surface area contributed by atoms with Gasteiger partial charge in [0.1, 0.15) is 18.2 Å². The SMILES string of the molecule is Cc1ccccc1OCCn1c(C(C)NC(=O)c2cccc(Br)c2)nc2ccccc21. The first-order valence-electron chi connectivity index (χ1n) is 10.2. The van der Waals surface area contributed by atoms with E-state index in [0.717, 1.165) is 32.6 Å². The molecule has 0 saturated heterocycles. The molecule has 1 heterocycles.